The molecule has 0 amide bonds. The molecule has 0 radical (unpaired) electrons. The fourth-order valence-corrected chi connectivity index (χ4v) is 5.36. The molecule has 0 saturated heterocycles. The van der Waals surface area contributed by atoms with Gasteiger partial charge in [-0.3, -0.25) is 9.59 Å². The Morgan fingerprint density at radius 2 is 2.03 bits per heavy atom. The summed E-state index contributed by atoms with van der Waals surface area (Å²) in [5.74, 6) is -1.69. The quantitative estimate of drug-likeness (QED) is 0.395. The van der Waals surface area contributed by atoms with Crippen molar-refractivity contribution in [3.63, 3.8) is 0 Å². The summed E-state index contributed by atoms with van der Waals surface area (Å²) in [6.45, 7) is 2.63. The molecule has 3 aromatic rings. The molecule has 0 fully saturated rings. The second-order valence-electron chi connectivity index (χ2n) is 7.56. The number of aromatic nitrogens is 2. The summed E-state index contributed by atoms with van der Waals surface area (Å²) in [6, 6.07) is 8.78. The van der Waals surface area contributed by atoms with Crippen molar-refractivity contribution in [3.05, 3.63) is 58.4 Å². The predicted octanol–water partition coefficient (Wildman–Crippen LogP) is 5.63. The lowest BCUT2D eigenvalue weighted by Gasteiger charge is -2.30. The van der Waals surface area contributed by atoms with Gasteiger partial charge in [0.25, 0.3) is 0 Å². The topological polar surface area (TPSA) is 72.2 Å². The van der Waals surface area contributed by atoms with Crippen molar-refractivity contribution in [3.8, 4) is 0 Å². The highest BCUT2D eigenvalue weighted by molar-refractivity contribution is 7.98. The molecule has 1 aromatic carbocycles. The highest BCUT2D eigenvalue weighted by atomic mass is 35.5. The minimum atomic E-state index is -0.816. The molecule has 7 heteroatoms. The Morgan fingerprint density at radius 3 is 2.67 bits per heavy atom. The molecule has 1 aliphatic rings. The number of carboxylic acid groups (broad SMARTS) is 1. The lowest BCUT2D eigenvalue weighted by molar-refractivity contribution is -0.142. The van der Waals surface area contributed by atoms with Gasteiger partial charge in [0.2, 0.25) is 0 Å². The Labute approximate surface area is 184 Å². The number of nitrogens with zero attached hydrogens (tertiary/aromatic N) is 2. The van der Waals surface area contributed by atoms with Gasteiger partial charge >= 0.3 is 5.97 Å². The first kappa shape index (κ1) is 20.9. The summed E-state index contributed by atoms with van der Waals surface area (Å²) in [5.41, 5.74) is 2.71. The second-order valence-corrected chi connectivity index (χ2v) is 8.85. The largest absolute Gasteiger partial charge is 0.481 e. The van der Waals surface area contributed by atoms with E-state index < -0.39 is 11.9 Å². The van der Waals surface area contributed by atoms with E-state index in [1.807, 2.05) is 19.2 Å². The molecule has 0 saturated carbocycles. The SMILES string of the molecule is CCC(C(=O)O)C1CCCn2c1c(C(=O)c1ccc(Cl)cc1)c1c(SC)ccnc12. The van der Waals surface area contributed by atoms with Crippen LogP contribution in [0.1, 0.15) is 53.7 Å². The highest BCUT2D eigenvalue weighted by Crippen LogP contribution is 2.44. The zero-order valence-corrected chi connectivity index (χ0v) is 18.5. The standard InChI is InChI=1S/C23H23ClN2O3S/c1-3-15(23(28)29)16-5-4-12-26-20(16)19(18-17(30-2)10-11-25-22(18)26)21(27)13-6-8-14(24)9-7-13/h6-11,15-16H,3-5,12H2,1-2H3,(H,28,29). The molecule has 1 N–H and O–H groups in total. The van der Waals surface area contributed by atoms with Crippen LogP contribution >= 0.6 is 23.4 Å². The van der Waals surface area contributed by atoms with Crippen LogP contribution in [0.5, 0.6) is 0 Å². The first-order chi connectivity index (χ1) is 14.5. The monoisotopic (exact) mass is 442 g/mol. The van der Waals surface area contributed by atoms with Gasteiger partial charge in [-0.2, -0.15) is 0 Å². The van der Waals surface area contributed by atoms with E-state index in [1.54, 1.807) is 42.2 Å². The molecule has 1 aliphatic heterocycles. The smallest absolute Gasteiger partial charge is 0.307 e. The summed E-state index contributed by atoms with van der Waals surface area (Å²) < 4.78 is 2.08. The van der Waals surface area contributed by atoms with E-state index in [1.165, 1.54) is 0 Å². The number of thioether (sulfide) groups is 1. The number of benzene rings is 1. The van der Waals surface area contributed by atoms with Crippen molar-refractivity contribution in [1.82, 2.24) is 9.55 Å². The number of carbonyl (C=O) groups is 2. The Morgan fingerprint density at radius 1 is 1.30 bits per heavy atom. The summed E-state index contributed by atoms with van der Waals surface area (Å²) in [6.07, 6.45) is 5.86. The van der Waals surface area contributed by atoms with Crippen LogP contribution in [0.3, 0.4) is 0 Å². The van der Waals surface area contributed by atoms with Crippen molar-refractivity contribution < 1.29 is 14.7 Å². The van der Waals surface area contributed by atoms with Crippen LogP contribution in [0.4, 0.5) is 0 Å². The zero-order chi connectivity index (χ0) is 21.4. The van der Waals surface area contributed by atoms with E-state index in [0.29, 0.717) is 22.6 Å². The number of halogens is 1. The van der Waals surface area contributed by atoms with Crippen LogP contribution in [0.15, 0.2) is 41.4 Å². The van der Waals surface area contributed by atoms with Crippen molar-refractivity contribution in [2.75, 3.05) is 6.26 Å². The molecule has 30 heavy (non-hydrogen) atoms. The molecule has 4 rings (SSSR count). The molecule has 2 aromatic heterocycles. The Hall–Kier alpha value is -2.31. The third-order valence-electron chi connectivity index (χ3n) is 5.99. The van der Waals surface area contributed by atoms with Crippen molar-refractivity contribution in [1.29, 1.82) is 0 Å². The molecule has 0 spiro atoms. The summed E-state index contributed by atoms with van der Waals surface area (Å²) in [7, 11) is 0. The fraction of sp³-hybridized carbons (Fsp3) is 0.348. The molecule has 5 nitrogen and oxygen atoms in total. The van der Waals surface area contributed by atoms with Crippen molar-refractivity contribution in [2.24, 2.45) is 5.92 Å². The van der Waals surface area contributed by atoms with E-state index in [9.17, 15) is 14.7 Å². The Balaban J connectivity index is 2.03. The van der Waals surface area contributed by atoms with Crippen LogP contribution < -0.4 is 0 Å². The van der Waals surface area contributed by atoms with Gasteiger partial charge < -0.3 is 9.67 Å². The fourth-order valence-electron chi connectivity index (χ4n) is 4.64. The zero-order valence-electron chi connectivity index (χ0n) is 16.9. The van der Waals surface area contributed by atoms with Gasteiger partial charge in [0.15, 0.2) is 5.78 Å². The minimum Gasteiger partial charge on any atom is -0.481 e. The van der Waals surface area contributed by atoms with Crippen LogP contribution in [-0.2, 0) is 11.3 Å². The van der Waals surface area contributed by atoms with Gasteiger partial charge in [-0.15, -0.1) is 11.8 Å². The molecule has 0 aliphatic carbocycles. The van der Waals surface area contributed by atoms with Gasteiger partial charge in [0.05, 0.1) is 11.5 Å². The summed E-state index contributed by atoms with van der Waals surface area (Å²) in [4.78, 5) is 31.4. The number of carbonyl (C=O) groups excluding carboxylic acids is 1. The van der Waals surface area contributed by atoms with E-state index in [2.05, 4.69) is 9.55 Å². The number of aryl methyl sites for hydroxylation is 1. The Kier molecular flexibility index (Phi) is 5.89. The summed E-state index contributed by atoms with van der Waals surface area (Å²) in [5, 5.41) is 11.3. The van der Waals surface area contributed by atoms with E-state index in [0.717, 1.165) is 41.0 Å². The molecule has 156 valence electrons. The first-order valence-electron chi connectivity index (χ1n) is 10.1. The minimum absolute atomic E-state index is 0.110. The second kappa shape index (κ2) is 8.44. The average Bonchev–Trinajstić information content (AvgIpc) is 3.09. The number of pyridine rings is 1. The summed E-state index contributed by atoms with van der Waals surface area (Å²) >= 11 is 7.59. The van der Waals surface area contributed by atoms with Crippen LogP contribution in [-0.4, -0.2) is 32.7 Å². The maximum absolute atomic E-state index is 13.8. The number of aliphatic carboxylic acids is 1. The van der Waals surface area contributed by atoms with Crippen molar-refractivity contribution >= 4 is 46.1 Å². The Bertz CT molecular complexity index is 1120. The molecule has 0 bridgehead atoms. The van der Waals surface area contributed by atoms with Gasteiger partial charge in [-0.05, 0) is 55.9 Å². The molecular formula is C23H23ClN2O3S. The normalized spacial score (nSPS) is 17.0. The van der Waals surface area contributed by atoms with E-state index in [4.69, 9.17) is 11.6 Å². The molecular weight excluding hydrogens is 420 g/mol. The van der Waals surface area contributed by atoms with Gasteiger partial charge in [0.1, 0.15) is 5.65 Å². The predicted molar refractivity (Wildman–Crippen MR) is 120 cm³/mol. The molecule has 2 unspecified atom stereocenters. The van der Waals surface area contributed by atoms with Gasteiger partial charge in [-0.25, -0.2) is 4.98 Å². The number of hydrogen-bond acceptors (Lipinski definition) is 4. The van der Waals surface area contributed by atoms with Crippen LogP contribution in [0.25, 0.3) is 11.0 Å². The maximum atomic E-state index is 13.8. The third-order valence-corrected chi connectivity index (χ3v) is 7.02. The number of carboxylic acids is 1. The van der Waals surface area contributed by atoms with E-state index >= 15 is 0 Å². The number of rotatable bonds is 6. The number of ketones is 1. The highest BCUT2D eigenvalue weighted by Gasteiger charge is 2.38. The van der Waals surface area contributed by atoms with E-state index in [-0.39, 0.29) is 11.7 Å². The van der Waals surface area contributed by atoms with Crippen LogP contribution in [0.2, 0.25) is 5.02 Å². The van der Waals surface area contributed by atoms with Crippen molar-refractivity contribution in [2.45, 2.75) is 43.5 Å². The average molecular weight is 443 g/mol. The van der Waals surface area contributed by atoms with Crippen LogP contribution in [0, 0.1) is 5.92 Å². The molecule has 2 atom stereocenters. The lowest BCUT2D eigenvalue weighted by Crippen LogP contribution is -2.28. The van der Waals surface area contributed by atoms with Gasteiger partial charge in [0, 0.05) is 45.2 Å². The number of fused-ring (bicyclic) bond motifs is 3. The number of hydrogen-bond donors (Lipinski definition) is 1. The van der Waals surface area contributed by atoms with Gasteiger partial charge in [-0.1, -0.05) is 18.5 Å². The lowest BCUT2D eigenvalue weighted by atomic mass is 9.79. The first-order valence-corrected chi connectivity index (χ1v) is 11.7. The molecule has 3 heterocycles. The maximum Gasteiger partial charge on any atom is 0.307 e. The third kappa shape index (κ3) is 3.42.